The van der Waals surface area contributed by atoms with Crippen molar-refractivity contribution >= 4 is 15.7 Å². The van der Waals surface area contributed by atoms with Gasteiger partial charge in [0.15, 0.2) is 9.84 Å². The van der Waals surface area contributed by atoms with Crippen LogP contribution in [0.15, 0.2) is 30.3 Å². The van der Waals surface area contributed by atoms with Gasteiger partial charge >= 0.3 is 0 Å². The zero-order valence-electron chi connectivity index (χ0n) is 15.4. The van der Waals surface area contributed by atoms with Crippen molar-refractivity contribution < 1.29 is 13.2 Å². The van der Waals surface area contributed by atoms with Crippen LogP contribution in [0.1, 0.15) is 24.8 Å². The molecule has 2 aliphatic rings. The molecule has 2 saturated heterocycles. The maximum Gasteiger partial charge on any atom is 0.237 e. The quantitative estimate of drug-likeness (QED) is 0.786. The number of likely N-dealkylation sites (N-methyl/N-ethyl adjacent to an activating group) is 1. The summed E-state index contributed by atoms with van der Waals surface area (Å²) in [6, 6.07) is 10.2. The Labute approximate surface area is 156 Å². The van der Waals surface area contributed by atoms with E-state index in [2.05, 4.69) is 17.0 Å². The minimum Gasteiger partial charge on any atom is -0.338 e. The molecular weight excluding hydrogens is 350 g/mol. The Morgan fingerprint density at radius 2 is 2.00 bits per heavy atom. The highest BCUT2D eigenvalue weighted by molar-refractivity contribution is 7.91. The molecular formula is C19H29N3O3S. The zero-order chi connectivity index (χ0) is 18.7. The molecule has 0 saturated carbocycles. The lowest BCUT2D eigenvalue weighted by Gasteiger charge is -2.29. The fraction of sp³-hybridized carbons (Fsp3) is 0.632. The van der Waals surface area contributed by atoms with Gasteiger partial charge in [-0.25, -0.2) is 8.42 Å². The Kier molecular flexibility index (Phi) is 5.99. The first-order valence-corrected chi connectivity index (χ1v) is 11.2. The maximum atomic E-state index is 12.8. The molecule has 0 bridgehead atoms. The largest absolute Gasteiger partial charge is 0.338 e. The van der Waals surface area contributed by atoms with E-state index in [0.29, 0.717) is 37.9 Å². The number of likely N-dealkylation sites (tertiary alicyclic amines) is 1. The minimum atomic E-state index is -2.99. The van der Waals surface area contributed by atoms with E-state index in [4.69, 9.17) is 5.73 Å². The lowest BCUT2D eigenvalue weighted by atomic mass is 9.89. The summed E-state index contributed by atoms with van der Waals surface area (Å²) in [7, 11) is -2.99. The third-order valence-electron chi connectivity index (χ3n) is 5.72. The fourth-order valence-corrected chi connectivity index (χ4v) is 6.08. The summed E-state index contributed by atoms with van der Waals surface area (Å²) in [5.74, 6) is 1.00. The Balaban J connectivity index is 1.64. The van der Waals surface area contributed by atoms with Crippen LogP contribution in [0.2, 0.25) is 0 Å². The Morgan fingerprint density at radius 3 is 2.58 bits per heavy atom. The summed E-state index contributed by atoms with van der Waals surface area (Å²) in [5.41, 5.74) is 7.25. The maximum absolute atomic E-state index is 12.8. The third kappa shape index (κ3) is 4.27. The van der Waals surface area contributed by atoms with E-state index >= 15 is 0 Å². The van der Waals surface area contributed by atoms with Crippen molar-refractivity contribution in [2.24, 2.45) is 11.7 Å². The lowest BCUT2D eigenvalue weighted by molar-refractivity contribution is -0.133. The highest BCUT2D eigenvalue weighted by Gasteiger charge is 2.37. The van der Waals surface area contributed by atoms with Crippen LogP contribution in [-0.4, -0.2) is 74.4 Å². The number of sulfone groups is 1. The molecule has 1 amide bonds. The molecule has 0 aromatic heterocycles. The summed E-state index contributed by atoms with van der Waals surface area (Å²) < 4.78 is 23.5. The molecule has 3 rings (SSSR count). The SMILES string of the molecule is CCN(C(=O)CN1C[C@@H](CN)[C@H](c2ccccc2)C1)C1CCS(=O)(=O)C1. The molecule has 7 heteroatoms. The van der Waals surface area contributed by atoms with Crippen LogP contribution in [0.4, 0.5) is 0 Å². The molecule has 1 aromatic carbocycles. The van der Waals surface area contributed by atoms with E-state index in [1.54, 1.807) is 4.90 Å². The van der Waals surface area contributed by atoms with Crippen LogP contribution in [0.5, 0.6) is 0 Å². The normalized spacial score (nSPS) is 28.3. The number of carbonyl (C=O) groups is 1. The van der Waals surface area contributed by atoms with E-state index in [1.165, 1.54) is 5.56 Å². The summed E-state index contributed by atoms with van der Waals surface area (Å²) in [6.07, 6.45) is 0.556. The highest BCUT2D eigenvalue weighted by Crippen LogP contribution is 2.32. The van der Waals surface area contributed by atoms with Gasteiger partial charge in [0, 0.05) is 31.6 Å². The number of nitrogens with two attached hydrogens (primary N) is 1. The molecule has 3 atom stereocenters. The van der Waals surface area contributed by atoms with Crippen LogP contribution in [0.25, 0.3) is 0 Å². The number of hydrogen-bond donors (Lipinski definition) is 1. The predicted octanol–water partition coefficient (Wildman–Crippen LogP) is 0.696. The smallest absolute Gasteiger partial charge is 0.237 e. The van der Waals surface area contributed by atoms with Crippen molar-refractivity contribution in [3.8, 4) is 0 Å². The molecule has 2 aliphatic heterocycles. The van der Waals surface area contributed by atoms with Crippen molar-refractivity contribution in [2.75, 3.05) is 44.2 Å². The first kappa shape index (κ1) is 19.3. The standard InChI is InChI=1S/C19H29N3O3S/c1-2-22(17-8-9-26(24,25)14-17)19(23)13-21-11-16(10-20)18(12-21)15-6-4-3-5-7-15/h3-7,16-18H,2,8-14,20H2,1H3/t16-,17?,18+/m1/s1. The molecule has 2 fully saturated rings. The van der Waals surface area contributed by atoms with Crippen molar-refractivity contribution in [1.29, 1.82) is 0 Å². The first-order valence-electron chi connectivity index (χ1n) is 9.40. The second kappa shape index (κ2) is 8.06. The van der Waals surface area contributed by atoms with Gasteiger partial charge in [-0.05, 0) is 31.4 Å². The van der Waals surface area contributed by atoms with Gasteiger partial charge < -0.3 is 10.6 Å². The van der Waals surface area contributed by atoms with Crippen LogP contribution < -0.4 is 5.73 Å². The Bertz CT molecular complexity index is 723. The number of benzene rings is 1. The van der Waals surface area contributed by atoms with E-state index in [0.717, 1.165) is 13.1 Å². The Morgan fingerprint density at radius 1 is 1.27 bits per heavy atom. The molecule has 6 nitrogen and oxygen atoms in total. The van der Waals surface area contributed by atoms with E-state index in [9.17, 15) is 13.2 Å². The molecule has 26 heavy (non-hydrogen) atoms. The summed E-state index contributed by atoms with van der Waals surface area (Å²) in [5, 5.41) is 0. The first-order chi connectivity index (χ1) is 12.4. The van der Waals surface area contributed by atoms with Crippen LogP contribution in [0.3, 0.4) is 0 Å². The molecule has 1 aromatic rings. The van der Waals surface area contributed by atoms with Gasteiger partial charge in [0.25, 0.3) is 0 Å². The van der Waals surface area contributed by atoms with Gasteiger partial charge in [0.2, 0.25) is 5.91 Å². The van der Waals surface area contributed by atoms with Crippen molar-refractivity contribution in [3.05, 3.63) is 35.9 Å². The van der Waals surface area contributed by atoms with Gasteiger partial charge in [-0.1, -0.05) is 30.3 Å². The second-order valence-electron chi connectivity index (χ2n) is 7.44. The van der Waals surface area contributed by atoms with Crippen molar-refractivity contribution in [1.82, 2.24) is 9.80 Å². The monoisotopic (exact) mass is 379 g/mol. The van der Waals surface area contributed by atoms with Gasteiger partial charge in [0.1, 0.15) is 0 Å². The minimum absolute atomic E-state index is 0.0269. The topological polar surface area (TPSA) is 83.7 Å². The number of carbonyl (C=O) groups excluding carboxylic acids is 1. The van der Waals surface area contributed by atoms with Crippen molar-refractivity contribution in [3.63, 3.8) is 0 Å². The fourth-order valence-electron chi connectivity index (χ4n) is 4.35. The number of nitrogens with zero attached hydrogens (tertiary/aromatic N) is 2. The molecule has 144 valence electrons. The summed E-state index contributed by atoms with van der Waals surface area (Å²) in [6.45, 7) is 5.03. The van der Waals surface area contributed by atoms with Crippen LogP contribution in [-0.2, 0) is 14.6 Å². The predicted molar refractivity (Wildman–Crippen MR) is 103 cm³/mol. The van der Waals surface area contributed by atoms with Gasteiger partial charge in [-0.2, -0.15) is 0 Å². The highest BCUT2D eigenvalue weighted by atomic mass is 32.2. The number of hydrogen-bond acceptors (Lipinski definition) is 5. The van der Waals surface area contributed by atoms with Gasteiger partial charge in [-0.3, -0.25) is 9.69 Å². The molecule has 1 unspecified atom stereocenters. The average Bonchev–Trinajstić information content (AvgIpc) is 3.19. The molecule has 2 N–H and O–H groups in total. The Hall–Kier alpha value is -1.44. The zero-order valence-corrected chi connectivity index (χ0v) is 16.2. The van der Waals surface area contributed by atoms with Gasteiger partial charge in [0.05, 0.1) is 18.1 Å². The summed E-state index contributed by atoms with van der Waals surface area (Å²) in [4.78, 5) is 16.7. The molecule has 0 radical (unpaired) electrons. The second-order valence-corrected chi connectivity index (χ2v) is 9.67. The average molecular weight is 380 g/mol. The molecule has 0 aliphatic carbocycles. The molecule has 0 spiro atoms. The number of rotatable bonds is 6. The summed E-state index contributed by atoms with van der Waals surface area (Å²) >= 11 is 0. The van der Waals surface area contributed by atoms with E-state index < -0.39 is 9.84 Å². The van der Waals surface area contributed by atoms with Gasteiger partial charge in [-0.15, -0.1) is 0 Å². The van der Waals surface area contributed by atoms with E-state index in [1.807, 2.05) is 25.1 Å². The van der Waals surface area contributed by atoms with E-state index in [-0.39, 0.29) is 23.5 Å². The molecule has 2 heterocycles. The lowest BCUT2D eigenvalue weighted by Crippen LogP contribution is -2.45. The number of amides is 1. The third-order valence-corrected chi connectivity index (χ3v) is 7.47. The van der Waals surface area contributed by atoms with Crippen LogP contribution in [0, 0.1) is 5.92 Å². The van der Waals surface area contributed by atoms with Crippen molar-refractivity contribution in [2.45, 2.75) is 25.3 Å². The van der Waals surface area contributed by atoms with Crippen LogP contribution >= 0.6 is 0 Å².